The number of rotatable bonds is 0. The highest BCUT2D eigenvalue weighted by Crippen LogP contribution is 2.33. The maximum Gasteiger partial charge on any atom is 0.0229 e. The zero-order valence-electron chi connectivity index (χ0n) is 12.8. The van der Waals surface area contributed by atoms with Crippen molar-refractivity contribution in [3.8, 4) is 23.7 Å². The summed E-state index contributed by atoms with van der Waals surface area (Å²) in [5, 5.41) is 0. The third-order valence-corrected chi connectivity index (χ3v) is 4.93. The first-order valence-corrected chi connectivity index (χ1v) is 8.12. The normalized spacial score (nSPS) is 38.6. The van der Waals surface area contributed by atoms with E-state index in [0.29, 0.717) is 17.8 Å². The second-order valence-corrected chi connectivity index (χ2v) is 6.75. The van der Waals surface area contributed by atoms with Crippen molar-refractivity contribution in [3.05, 3.63) is 0 Å². The minimum atomic E-state index is 0.632. The minimum Gasteiger partial charge on any atom is -0.106 e. The molecule has 104 valence electrons. The topological polar surface area (TPSA) is 0 Å². The Kier molecular flexibility index (Phi) is 5.39. The van der Waals surface area contributed by atoms with Crippen LogP contribution in [0.2, 0.25) is 0 Å². The molecule has 0 aromatic heterocycles. The van der Waals surface area contributed by atoms with Gasteiger partial charge in [0.1, 0.15) is 0 Å². The molecule has 2 fully saturated rings. The molecule has 0 heteroatoms. The molecule has 0 nitrogen and oxygen atoms in total. The summed E-state index contributed by atoms with van der Waals surface area (Å²) in [5.74, 6) is 17.2. The molecule has 2 rings (SSSR count). The van der Waals surface area contributed by atoms with E-state index in [4.69, 9.17) is 0 Å². The Labute approximate surface area is 119 Å². The fourth-order valence-corrected chi connectivity index (χ4v) is 3.74. The first-order valence-electron chi connectivity index (χ1n) is 8.12. The molecule has 0 aromatic carbocycles. The summed E-state index contributed by atoms with van der Waals surface area (Å²) < 4.78 is 0. The van der Waals surface area contributed by atoms with E-state index < -0.39 is 0 Å². The van der Waals surface area contributed by atoms with Crippen LogP contribution >= 0.6 is 0 Å². The Morgan fingerprint density at radius 1 is 0.789 bits per heavy atom. The van der Waals surface area contributed by atoms with Crippen LogP contribution in [0.15, 0.2) is 0 Å². The van der Waals surface area contributed by atoms with Gasteiger partial charge in [-0.25, -0.2) is 0 Å². The molecule has 0 saturated heterocycles. The monoisotopic (exact) mass is 256 g/mol. The van der Waals surface area contributed by atoms with Crippen LogP contribution in [0, 0.1) is 53.3 Å². The molecule has 2 aliphatic carbocycles. The van der Waals surface area contributed by atoms with Crippen molar-refractivity contribution >= 4 is 0 Å². The van der Waals surface area contributed by atoms with Crippen LogP contribution in [0.4, 0.5) is 0 Å². The predicted molar refractivity (Wildman–Crippen MR) is 82.3 cm³/mol. The molecule has 0 aliphatic heterocycles. The van der Waals surface area contributed by atoms with Crippen molar-refractivity contribution in [3.63, 3.8) is 0 Å². The summed E-state index contributed by atoms with van der Waals surface area (Å²) in [6.45, 7) is 6.71. The van der Waals surface area contributed by atoms with Crippen LogP contribution in [0.1, 0.15) is 65.7 Å². The molecule has 0 spiro atoms. The Bertz CT molecular complexity index is 397. The Hall–Kier alpha value is -0.880. The zero-order valence-corrected chi connectivity index (χ0v) is 12.8. The van der Waals surface area contributed by atoms with Crippen molar-refractivity contribution in [2.75, 3.05) is 0 Å². The molecule has 0 bridgehead atoms. The molecule has 0 N–H and O–H groups in total. The highest BCUT2D eigenvalue weighted by molar-refractivity contribution is 5.12. The summed E-state index contributed by atoms with van der Waals surface area (Å²) in [7, 11) is 0. The van der Waals surface area contributed by atoms with Crippen LogP contribution in [0.5, 0.6) is 0 Å². The first-order chi connectivity index (χ1) is 9.19. The number of hydrogen-bond donors (Lipinski definition) is 0. The molecule has 0 heterocycles. The fourth-order valence-electron chi connectivity index (χ4n) is 3.74. The predicted octanol–water partition coefficient (Wildman–Crippen LogP) is 4.89. The van der Waals surface area contributed by atoms with E-state index in [0.717, 1.165) is 11.8 Å². The number of hydrogen-bond acceptors (Lipinski definition) is 0. The van der Waals surface area contributed by atoms with Gasteiger partial charge in [0, 0.05) is 17.8 Å². The van der Waals surface area contributed by atoms with Gasteiger partial charge < -0.3 is 0 Å². The van der Waals surface area contributed by atoms with Crippen LogP contribution in [0.25, 0.3) is 0 Å². The summed E-state index contributed by atoms with van der Waals surface area (Å²) >= 11 is 0. The van der Waals surface area contributed by atoms with Gasteiger partial charge in [0.05, 0.1) is 0 Å². The van der Waals surface area contributed by atoms with Crippen LogP contribution in [0.3, 0.4) is 0 Å². The Balaban J connectivity index is 1.87. The van der Waals surface area contributed by atoms with Crippen molar-refractivity contribution in [1.29, 1.82) is 0 Å². The third kappa shape index (κ3) is 4.31. The lowest BCUT2D eigenvalue weighted by atomic mass is 9.75. The van der Waals surface area contributed by atoms with E-state index in [2.05, 4.69) is 37.5 Å². The maximum atomic E-state index is 3.63. The largest absolute Gasteiger partial charge is 0.106 e. The van der Waals surface area contributed by atoms with E-state index >= 15 is 0 Å². The second kappa shape index (κ2) is 7.05. The van der Waals surface area contributed by atoms with Crippen LogP contribution in [-0.2, 0) is 0 Å². The van der Waals surface area contributed by atoms with E-state index in [1.807, 2.05) is 6.92 Å². The molecular formula is C19H28. The highest BCUT2D eigenvalue weighted by Gasteiger charge is 2.25. The van der Waals surface area contributed by atoms with E-state index in [1.165, 1.54) is 44.9 Å². The quantitative estimate of drug-likeness (QED) is 0.541. The third-order valence-electron chi connectivity index (χ3n) is 4.93. The van der Waals surface area contributed by atoms with E-state index in [-0.39, 0.29) is 0 Å². The standard InChI is InChI=1S/C19H28/c1-4-6-17-9-11-19(16(3)14-17)12-10-18-8-5-7-15(2)13-18/h15-19H,5,7-9,11,13-14H2,1-3H3. The van der Waals surface area contributed by atoms with Gasteiger partial charge in [-0.15, -0.1) is 11.8 Å². The van der Waals surface area contributed by atoms with Crippen molar-refractivity contribution in [2.24, 2.45) is 29.6 Å². The molecule has 0 amide bonds. The molecule has 0 radical (unpaired) electrons. The molecule has 2 aliphatic rings. The lowest BCUT2D eigenvalue weighted by Gasteiger charge is -2.29. The van der Waals surface area contributed by atoms with Gasteiger partial charge in [0.2, 0.25) is 0 Å². The molecular weight excluding hydrogens is 228 g/mol. The molecule has 5 unspecified atom stereocenters. The van der Waals surface area contributed by atoms with E-state index in [1.54, 1.807) is 0 Å². The highest BCUT2D eigenvalue weighted by atomic mass is 14.3. The molecule has 0 aromatic rings. The summed E-state index contributed by atoms with van der Waals surface area (Å²) in [4.78, 5) is 0. The van der Waals surface area contributed by atoms with E-state index in [9.17, 15) is 0 Å². The van der Waals surface area contributed by atoms with Gasteiger partial charge in [0.25, 0.3) is 0 Å². The summed E-state index contributed by atoms with van der Waals surface area (Å²) in [5.41, 5.74) is 0. The van der Waals surface area contributed by atoms with Gasteiger partial charge in [-0.3, -0.25) is 0 Å². The van der Waals surface area contributed by atoms with Gasteiger partial charge in [-0.05, 0) is 50.9 Å². The van der Waals surface area contributed by atoms with Crippen LogP contribution < -0.4 is 0 Å². The lowest BCUT2D eigenvalue weighted by Crippen LogP contribution is -2.21. The average molecular weight is 256 g/mol. The van der Waals surface area contributed by atoms with Crippen molar-refractivity contribution in [1.82, 2.24) is 0 Å². The lowest BCUT2D eigenvalue weighted by molar-refractivity contribution is 0.273. The average Bonchev–Trinajstić information content (AvgIpc) is 2.38. The molecule has 5 atom stereocenters. The van der Waals surface area contributed by atoms with Crippen molar-refractivity contribution in [2.45, 2.75) is 65.7 Å². The summed E-state index contributed by atoms with van der Waals surface area (Å²) in [6.07, 6.45) is 9.23. The van der Waals surface area contributed by atoms with Gasteiger partial charge in [0.15, 0.2) is 0 Å². The molecule has 19 heavy (non-hydrogen) atoms. The smallest absolute Gasteiger partial charge is 0.0229 e. The van der Waals surface area contributed by atoms with Crippen LogP contribution in [-0.4, -0.2) is 0 Å². The summed E-state index contributed by atoms with van der Waals surface area (Å²) in [6, 6.07) is 0. The first kappa shape index (κ1) is 14.5. The minimum absolute atomic E-state index is 0.632. The van der Waals surface area contributed by atoms with Crippen molar-refractivity contribution < 1.29 is 0 Å². The molecule has 2 saturated carbocycles. The van der Waals surface area contributed by atoms with Gasteiger partial charge in [-0.1, -0.05) is 38.5 Å². The SMILES string of the molecule is CC#CC1CCC(C#CC2CCCC(C)C2)C(C)C1. The second-order valence-electron chi connectivity index (χ2n) is 6.75. The Morgan fingerprint density at radius 2 is 1.58 bits per heavy atom. The zero-order chi connectivity index (χ0) is 13.7. The van der Waals surface area contributed by atoms with Gasteiger partial charge in [-0.2, -0.15) is 0 Å². The maximum absolute atomic E-state index is 3.63. The van der Waals surface area contributed by atoms with Gasteiger partial charge >= 0.3 is 0 Å². The fraction of sp³-hybridized carbons (Fsp3) is 0.789. The Morgan fingerprint density at radius 3 is 2.26 bits per heavy atom.